The van der Waals surface area contributed by atoms with Gasteiger partial charge in [0.25, 0.3) is 0 Å². The molecule has 2 aliphatic rings. The predicted molar refractivity (Wildman–Crippen MR) is 100.0 cm³/mol. The van der Waals surface area contributed by atoms with Crippen molar-refractivity contribution in [3.63, 3.8) is 0 Å². The van der Waals surface area contributed by atoms with Gasteiger partial charge in [0, 0.05) is 18.7 Å². The van der Waals surface area contributed by atoms with Gasteiger partial charge in [0.2, 0.25) is 0 Å². The lowest BCUT2D eigenvalue weighted by atomic mass is 10.2. The minimum absolute atomic E-state index is 0.661. The highest BCUT2D eigenvalue weighted by Gasteiger charge is 2.25. The maximum Gasteiger partial charge on any atom is 0.168 e. The molecule has 0 atom stereocenters. The molecular weight excluding hydrogens is 326 g/mol. The Hall–Kier alpha value is -2.99. The summed E-state index contributed by atoms with van der Waals surface area (Å²) in [6, 6.07) is 18.4. The standard InChI is InChI=1S/C20H19N5O/c1-2-6-15(7-3-1)20-23-22-19-14-18(24-10-12-26-13-11-24)21-16-8-4-5-9-17(16)25(19)20/h1-9H,10-14H2. The van der Waals surface area contributed by atoms with Crippen molar-refractivity contribution in [1.82, 2.24) is 19.7 Å². The van der Waals surface area contributed by atoms with Gasteiger partial charge in [0.05, 0.1) is 31.0 Å². The van der Waals surface area contributed by atoms with E-state index in [4.69, 9.17) is 9.73 Å². The second kappa shape index (κ2) is 6.38. The molecule has 1 saturated heterocycles. The van der Waals surface area contributed by atoms with Crippen LogP contribution in [-0.4, -0.2) is 51.8 Å². The maximum absolute atomic E-state index is 5.49. The highest BCUT2D eigenvalue weighted by molar-refractivity contribution is 5.89. The molecule has 0 spiro atoms. The molecular formula is C20H19N5O. The Morgan fingerprint density at radius 2 is 1.62 bits per heavy atom. The van der Waals surface area contributed by atoms with Gasteiger partial charge in [-0.15, -0.1) is 10.2 Å². The molecule has 1 aromatic heterocycles. The Bertz CT molecular complexity index is 957. The molecule has 3 heterocycles. The van der Waals surface area contributed by atoms with Gasteiger partial charge in [-0.05, 0) is 12.1 Å². The van der Waals surface area contributed by atoms with E-state index in [1.54, 1.807) is 0 Å². The lowest BCUT2D eigenvalue weighted by Crippen LogP contribution is -2.41. The molecule has 0 unspecified atom stereocenters. The summed E-state index contributed by atoms with van der Waals surface area (Å²) in [5.74, 6) is 2.80. The SMILES string of the molecule is c1ccc(-c2nnc3n2-c2ccccc2N=C(N2CCOCC2)C3)cc1. The molecule has 130 valence electrons. The molecule has 2 aromatic carbocycles. The van der Waals surface area contributed by atoms with E-state index in [1.807, 2.05) is 30.3 Å². The minimum Gasteiger partial charge on any atom is -0.378 e. The van der Waals surface area contributed by atoms with E-state index >= 15 is 0 Å². The zero-order valence-electron chi connectivity index (χ0n) is 14.4. The molecule has 1 fully saturated rings. The van der Waals surface area contributed by atoms with E-state index in [2.05, 4.69) is 43.9 Å². The van der Waals surface area contributed by atoms with Crippen molar-refractivity contribution < 1.29 is 4.74 Å². The second-order valence-corrected chi connectivity index (χ2v) is 6.43. The van der Waals surface area contributed by atoms with Crippen LogP contribution in [-0.2, 0) is 11.2 Å². The van der Waals surface area contributed by atoms with Gasteiger partial charge in [-0.1, -0.05) is 42.5 Å². The number of amidine groups is 1. The average Bonchev–Trinajstić information content (AvgIpc) is 3.05. The van der Waals surface area contributed by atoms with Gasteiger partial charge in [-0.2, -0.15) is 0 Å². The fourth-order valence-electron chi connectivity index (χ4n) is 3.53. The number of hydrogen-bond donors (Lipinski definition) is 0. The molecule has 3 aromatic rings. The molecule has 0 amide bonds. The fourth-order valence-corrected chi connectivity index (χ4v) is 3.53. The van der Waals surface area contributed by atoms with E-state index in [-0.39, 0.29) is 0 Å². The van der Waals surface area contributed by atoms with Crippen LogP contribution < -0.4 is 0 Å². The van der Waals surface area contributed by atoms with Gasteiger partial charge >= 0.3 is 0 Å². The molecule has 0 aliphatic carbocycles. The average molecular weight is 345 g/mol. The van der Waals surface area contributed by atoms with E-state index < -0.39 is 0 Å². The van der Waals surface area contributed by atoms with Crippen molar-refractivity contribution in [3.05, 3.63) is 60.4 Å². The highest BCUT2D eigenvalue weighted by Crippen LogP contribution is 2.32. The van der Waals surface area contributed by atoms with Crippen molar-refractivity contribution in [2.45, 2.75) is 6.42 Å². The lowest BCUT2D eigenvalue weighted by Gasteiger charge is -2.29. The molecule has 0 bridgehead atoms. The number of morpholine rings is 1. The van der Waals surface area contributed by atoms with Gasteiger partial charge in [-0.25, -0.2) is 4.99 Å². The van der Waals surface area contributed by atoms with Gasteiger partial charge in [0.1, 0.15) is 11.7 Å². The van der Waals surface area contributed by atoms with Gasteiger partial charge in [-0.3, -0.25) is 4.57 Å². The number of ether oxygens (including phenoxy) is 1. The first-order chi connectivity index (χ1) is 12.9. The summed E-state index contributed by atoms with van der Waals surface area (Å²) >= 11 is 0. The molecule has 0 saturated carbocycles. The normalized spacial score (nSPS) is 16.5. The first-order valence-corrected chi connectivity index (χ1v) is 8.89. The number of hydrogen-bond acceptors (Lipinski definition) is 5. The molecule has 0 N–H and O–H groups in total. The number of rotatable bonds is 1. The van der Waals surface area contributed by atoms with E-state index in [1.165, 1.54) is 0 Å². The Morgan fingerprint density at radius 3 is 2.46 bits per heavy atom. The van der Waals surface area contributed by atoms with Crippen molar-refractivity contribution in [3.8, 4) is 17.1 Å². The highest BCUT2D eigenvalue weighted by atomic mass is 16.5. The van der Waals surface area contributed by atoms with Crippen LogP contribution in [0.2, 0.25) is 0 Å². The van der Waals surface area contributed by atoms with Crippen LogP contribution in [0.1, 0.15) is 5.82 Å². The third kappa shape index (κ3) is 2.59. The largest absolute Gasteiger partial charge is 0.378 e. The number of aromatic nitrogens is 3. The molecule has 0 radical (unpaired) electrons. The first-order valence-electron chi connectivity index (χ1n) is 8.89. The van der Waals surface area contributed by atoms with Gasteiger partial charge < -0.3 is 9.64 Å². The monoisotopic (exact) mass is 345 g/mol. The van der Waals surface area contributed by atoms with E-state index in [0.29, 0.717) is 6.42 Å². The van der Waals surface area contributed by atoms with Crippen LogP contribution in [0.3, 0.4) is 0 Å². The minimum atomic E-state index is 0.661. The fraction of sp³-hybridized carbons (Fsp3) is 0.250. The van der Waals surface area contributed by atoms with Crippen LogP contribution in [0.15, 0.2) is 59.6 Å². The van der Waals surface area contributed by atoms with Crippen molar-refractivity contribution in [2.75, 3.05) is 26.3 Å². The summed E-state index contributed by atoms with van der Waals surface area (Å²) in [5, 5.41) is 9.01. The van der Waals surface area contributed by atoms with Crippen LogP contribution in [0.5, 0.6) is 0 Å². The van der Waals surface area contributed by atoms with Crippen molar-refractivity contribution in [2.24, 2.45) is 4.99 Å². The summed E-state index contributed by atoms with van der Waals surface area (Å²) in [7, 11) is 0. The molecule has 2 aliphatic heterocycles. The smallest absolute Gasteiger partial charge is 0.168 e. The van der Waals surface area contributed by atoms with E-state index in [9.17, 15) is 0 Å². The van der Waals surface area contributed by atoms with Crippen LogP contribution in [0.25, 0.3) is 17.1 Å². The third-order valence-corrected chi connectivity index (χ3v) is 4.83. The zero-order valence-corrected chi connectivity index (χ0v) is 14.4. The number of benzene rings is 2. The number of aliphatic imine (C=N–C) groups is 1. The van der Waals surface area contributed by atoms with Crippen LogP contribution in [0.4, 0.5) is 5.69 Å². The summed E-state index contributed by atoms with van der Waals surface area (Å²) in [6.45, 7) is 3.20. The summed E-state index contributed by atoms with van der Waals surface area (Å²) in [6.07, 6.45) is 0.661. The van der Waals surface area contributed by atoms with E-state index in [0.717, 1.165) is 60.7 Å². The molecule has 6 heteroatoms. The number of nitrogens with zero attached hydrogens (tertiary/aromatic N) is 5. The quantitative estimate of drug-likeness (QED) is 0.680. The maximum atomic E-state index is 5.49. The Labute approximate surface area is 151 Å². The number of fused-ring (bicyclic) bond motifs is 3. The molecule has 26 heavy (non-hydrogen) atoms. The third-order valence-electron chi connectivity index (χ3n) is 4.83. The molecule has 6 nitrogen and oxygen atoms in total. The van der Waals surface area contributed by atoms with Crippen molar-refractivity contribution >= 4 is 11.5 Å². The predicted octanol–water partition coefficient (Wildman–Crippen LogP) is 2.85. The van der Waals surface area contributed by atoms with Crippen LogP contribution >= 0.6 is 0 Å². The second-order valence-electron chi connectivity index (χ2n) is 6.43. The Morgan fingerprint density at radius 1 is 0.846 bits per heavy atom. The lowest BCUT2D eigenvalue weighted by molar-refractivity contribution is 0.0674. The molecule has 5 rings (SSSR count). The topological polar surface area (TPSA) is 55.5 Å². The zero-order chi connectivity index (χ0) is 17.3. The Balaban J connectivity index is 1.66. The van der Waals surface area contributed by atoms with Crippen LogP contribution in [0, 0.1) is 0 Å². The number of para-hydroxylation sites is 2. The summed E-state index contributed by atoms with van der Waals surface area (Å²) < 4.78 is 7.63. The van der Waals surface area contributed by atoms with Crippen molar-refractivity contribution in [1.29, 1.82) is 0 Å². The Kier molecular flexibility index (Phi) is 3.75. The van der Waals surface area contributed by atoms with Gasteiger partial charge in [0.15, 0.2) is 5.82 Å². The first kappa shape index (κ1) is 15.3. The summed E-state index contributed by atoms with van der Waals surface area (Å²) in [5.41, 5.74) is 3.02. The summed E-state index contributed by atoms with van der Waals surface area (Å²) in [4.78, 5) is 7.28.